The van der Waals surface area contributed by atoms with Gasteiger partial charge in [-0.3, -0.25) is 4.90 Å². The lowest BCUT2D eigenvalue weighted by molar-refractivity contribution is -0.107. The second-order valence-corrected chi connectivity index (χ2v) is 4.54. The molecule has 0 fully saturated rings. The van der Waals surface area contributed by atoms with Gasteiger partial charge >= 0.3 is 0 Å². The molecule has 1 heterocycles. The molecule has 0 N–H and O–H groups in total. The number of aldehydes is 1. The van der Waals surface area contributed by atoms with Crippen molar-refractivity contribution in [2.75, 3.05) is 13.1 Å². The van der Waals surface area contributed by atoms with Crippen LogP contribution in [0.1, 0.15) is 24.8 Å². The van der Waals surface area contributed by atoms with E-state index < -0.39 is 0 Å². The number of benzene rings is 1. The topological polar surface area (TPSA) is 20.3 Å². The average molecular weight is 229 g/mol. The smallest absolute Gasteiger partial charge is 0.120 e. The molecular weight excluding hydrogens is 210 g/mol. The molecule has 0 saturated carbocycles. The minimum atomic E-state index is 0.671. The first-order valence-corrected chi connectivity index (χ1v) is 6.26. The Hall–Kier alpha value is -1.41. The van der Waals surface area contributed by atoms with Crippen LogP contribution in [0.15, 0.2) is 42.0 Å². The largest absolute Gasteiger partial charge is 0.303 e. The summed E-state index contributed by atoms with van der Waals surface area (Å²) in [7, 11) is 0. The van der Waals surface area contributed by atoms with E-state index in [0.717, 1.165) is 38.8 Å². The fourth-order valence-electron chi connectivity index (χ4n) is 2.21. The van der Waals surface area contributed by atoms with Crippen LogP contribution in [0.5, 0.6) is 0 Å². The SMILES string of the molecule is O=CCCC1=CCN(Cc2ccccc2)CC1. The molecular formula is C15H19NO. The van der Waals surface area contributed by atoms with Crippen molar-refractivity contribution in [1.82, 2.24) is 4.90 Å². The Morgan fingerprint density at radius 1 is 1.24 bits per heavy atom. The molecule has 0 saturated heterocycles. The van der Waals surface area contributed by atoms with Gasteiger partial charge in [0.2, 0.25) is 0 Å². The lowest BCUT2D eigenvalue weighted by Gasteiger charge is -2.26. The molecule has 2 nitrogen and oxygen atoms in total. The molecule has 2 rings (SSSR count). The van der Waals surface area contributed by atoms with E-state index in [9.17, 15) is 4.79 Å². The van der Waals surface area contributed by atoms with Gasteiger partial charge < -0.3 is 4.79 Å². The lowest BCUT2D eigenvalue weighted by atomic mass is 10.0. The van der Waals surface area contributed by atoms with Crippen LogP contribution in [-0.2, 0) is 11.3 Å². The summed E-state index contributed by atoms with van der Waals surface area (Å²) in [5.74, 6) is 0. The van der Waals surface area contributed by atoms with Gasteiger partial charge in [-0.1, -0.05) is 42.0 Å². The number of carbonyl (C=O) groups is 1. The zero-order valence-corrected chi connectivity index (χ0v) is 10.1. The predicted octanol–water partition coefficient (Wildman–Crippen LogP) is 2.80. The molecule has 0 unspecified atom stereocenters. The normalized spacial score (nSPS) is 16.6. The summed E-state index contributed by atoms with van der Waals surface area (Å²) < 4.78 is 0. The molecule has 1 aromatic rings. The number of carbonyl (C=O) groups excluding carboxylic acids is 1. The molecule has 1 aromatic carbocycles. The van der Waals surface area contributed by atoms with Crippen LogP contribution in [0.25, 0.3) is 0 Å². The summed E-state index contributed by atoms with van der Waals surface area (Å²) in [5, 5.41) is 0. The van der Waals surface area contributed by atoms with E-state index in [1.807, 2.05) is 0 Å². The van der Waals surface area contributed by atoms with Crippen LogP contribution in [0.4, 0.5) is 0 Å². The summed E-state index contributed by atoms with van der Waals surface area (Å²) in [6.07, 6.45) is 6.03. The van der Waals surface area contributed by atoms with Gasteiger partial charge in [0.15, 0.2) is 0 Å². The summed E-state index contributed by atoms with van der Waals surface area (Å²) >= 11 is 0. The van der Waals surface area contributed by atoms with Gasteiger partial charge in [-0.05, 0) is 18.4 Å². The van der Waals surface area contributed by atoms with Gasteiger partial charge in [-0.25, -0.2) is 0 Å². The maximum Gasteiger partial charge on any atom is 0.120 e. The van der Waals surface area contributed by atoms with E-state index in [0.29, 0.717) is 6.42 Å². The van der Waals surface area contributed by atoms with Crippen molar-refractivity contribution in [3.63, 3.8) is 0 Å². The number of nitrogens with zero attached hydrogens (tertiary/aromatic N) is 1. The van der Waals surface area contributed by atoms with Crippen LogP contribution in [0, 0.1) is 0 Å². The van der Waals surface area contributed by atoms with E-state index in [2.05, 4.69) is 41.3 Å². The minimum Gasteiger partial charge on any atom is -0.303 e. The summed E-state index contributed by atoms with van der Waals surface area (Å²) in [5.41, 5.74) is 2.82. The second-order valence-electron chi connectivity index (χ2n) is 4.54. The van der Waals surface area contributed by atoms with Gasteiger partial charge in [-0.2, -0.15) is 0 Å². The Morgan fingerprint density at radius 3 is 2.71 bits per heavy atom. The maximum absolute atomic E-state index is 10.3. The van der Waals surface area contributed by atoms with Crippen LogP contribution in [0.2, 0.25) is 0 Å². The zero-order valence-electron chi connectivity index (χ0n) is 10.1. The Kier molecular flexibility index (Phi) is 4.51. The van der Waals surface area contributed by atoms with Crippen LogP contribution in [-0.4, -0.2) is 24.3 Å². The molecule has 1 aliphatic rings. The van der Waals surface area contributed by atoms with Crippen LogP contribution >= 0.6 is 0 Å². The Labute approximate surface area is 103 Å². The first-order valence-electron chi connectivity index (χ1n) is 6.26. The Morgan fingerprint density at radius 2 is 2.06 bits per heavy atom. The number of hydrogen-bond donors (Lipinski definition) is 0. The van der Waals surface area contributed by atoms with E-state index in [1.165, 1.54) is 11.1 Å². The molecule has 0 atom stereocenters. The molecule has 0 amide bonds. The molecule has 2 heteroatoms. The highest BCUT2D eigenvalue weighted by molar-refractivity contribution is 5.49. The standard InChI is InChI=1S/C15H19NO/c17-12-4-7-14-8-10-16(11-9-14)13-15-5-2-1-3-6-15/h1-3,5-6,8,12H,4,7,9-11,13H2. The molecule has 0 radical (unpaired) electrons. The van der Waals surface area contributed by atoms with Crippen molar-refractivity contribution in [1.29, 1.82) is 0 Å². The monoisotopic (exact) mass is 229 g/mol. The highest BCUT2D eigenvalue weighted by atomic mass is 16.1. The third-order valence-electron chi connectivity index (χ3n) is 3.22. The summed E-state index contributed by atoms with van der Waals surface area (Å²) in [6, 6.07) is 10.6. The number of hydrogen-bond acceptors (Lipinski definition) is 2. The quantitative estimate of drug-likeness (QED) is 0.571. The van der Waals surface area contributed by atoms with Crippen molar-refractivity contribution >= 4 is 6.29 Å². The molecule has 0 bridgehead atoms. The van der Waals surface area contributed by atoms with Gasteiger partial charge in [-0.15, -0.1) is 0 Å². The molecule has 90 valence electrons. The third-order valence-corrected chi connectivity index (χ3v) is 3.22. The fraction of sp³-hybridized carbons (Fsp3) is 0.400. The van der Waals surface area contributed by atoms with Crippen molar-refractivity contribution in [3.8, 4) is 0 Å². The highest BCUT2D eigenvalue weighted by Crippen LogP contribution is 2.17. The average Bonchev–Trinajstić information content (AvgIpc) is 2.39. The Bertz CT molecular complexity index is 383. The van der Waals surface area contributed by atoms with E-state index in [1.54, 1.807) is 0 Å². The number of rotatable bonds is 5. The molecule has 1 aliphatic heterocycles. The van der Waals surface area contributed by atoms with Crippen molar-refractivity contribution in [2.45, 2.75) is 25.8 Å². The first kappa shape index (κ1) is 12.1. The molecule has 0 aliphatic carbocycles. The highest BCUT2D eigenvalue weighted by Gasteiger charge is 2.11. The van der Waals surface area contributed by atoms with Crippen LogP contribution in [0.3, 0.4) is 0 Å². The van der Waals surface area contributed by atoms with Crippen molar-refractivity contribution < 1.29 is 4.79 Å². The lowest BCUT2D eigenvalue weighted by Crippen LogP contribution is -2.28. The fourth-order valence-corrected chi connectivity index (χ4v) is 2.21. The minimum absolute atomic E-state index is 0.671. The maximum atomic E-state index is 10.3. The van der Waals surface area contributed by atoms with Crippen molar-refractivity contribution in [2.24, 2.45) is 0 Å². The first-order chi connectivity index (χ1) is 8.38. The Balaban J connectivity index is 1.82. The van der Waals surface area contributed by atoms with E-state index in [-0.39, 0.29) is 0 Å². The second kappa shape index (κ2) is 6.36. The summed E-state index contributed by atoms with van der Waals surface area (Å²) in [4.78, 5) is 12.8. The van der Waals surface area contributed by atoms with Gasteiger partial charge in [0, 0.05) is 26.1 Å². The van der Waals surface area contributed by atoms with E-state index >= 15 is 0 Å². The zero-order chi connectivity index (χ0) is 11.9. The van der Waals surface area contributed by atoms with Crippen LogP contribution < -0.4 is 0 Å². The predicted molar refractivity (Wildman–Crippen MR) is 69.7 cm³/mol. The van der Waals surface area contributed by atoms with Gasteiger partial charge in [0.1, 0.15) is 6.29 Å². The third kappa shape index (κ3) is 3.82. The van der Waals surface area contributed by atoms with Gasteiger partial charge in [0.25, 0.3) is 0 Å². The molecule has 0 aromatic heterocycles. The van der Waals surface area contributed by atoms with E-state index in [4.69, 9.17) is 0 Å². The summed E-state index contributed by atoms with van der Waals surface area (Å²) in [6.45, 7) is 3.15. The van der Waals surface area contributed by atoms with Gasteiger partial charge in [0.05, 0.1) is 0 Å². The van der Waals surface area contributed by atoms with Crippen molar-refractivity contribution in [3.05, 3.63) is 47.5 Å². The molecule has 17 heavy (non-hydrogen) atoms. The molecule has 0 spiro atoms.